The van der Waals surface area contributed by atoms with E-state index < -0.39 is 0 Å². The average molecular weight is 294 g/mol. The highest BCUT2D eigenvalue weighted by molar-refractivity contribution is 5.78. The molecule has 1 N–H and O–H groups in total. The van der Waals surface area contributed by atoms with E-state index >= 15 is 0 Å². The van der Waals surface area contributed by atoms with Crippen LogP contribution in [0.2, 0.25) is 0 Å². The Morgan fingerprint density at radius 2 is 2.10 bits per heavy atom. The molecule has 1 aliphatic heterocycles. The van der Waals surface area contributed by atoms with Crippen LogP contribution in [-0.4, -0.2) is 40.6 Å². The number of nitrogens with one attached hydrogen (secondary N) is 1. The fourth-order valence-corrected chi connectivity index (χ4v) is 2.62. The molecule has 1 fully saturated rings. The Morgan fingerprint density at radius 3 is 2.76 bits per heavy atom. The van der Waals surface area contributed by atoms with Gasteiger partial charge in [-0.05, 0) is 38.8 Å². The second-order valence-electron chi connectivity index (χ2n) is 5.70. The van der Waals surface area contributed by atoms with E-state index in [0.29, 0.717) is 12.4 Å². The van der Waals surface area contributed by atoms with Crippen molar-refractivity contribution in [3.05, 3.63) is 11.7 Å². The minimum absolute atomic E-state index is 0.158. The summed E-state index contributed by atoms with van der Waals surface area (Å²) < 4.78 is 5.27. The summed E-state index contributed by atoms with van der Waals surface area (Å²) in [6.45, 7) is 7.47. The third-order valence-electron chi connectivity index (χ3n) is 3.85. The molecule has 118 valence electrons. The van der Waals surface area contributed by atoms with Gasteiger partial charge in [-0.3, -0.25) is 9.69 Å². The lowest BCUT2D eigenvalue weighted by molar-refractivity contribution is -0.126. The lowest BCUT2D eigenvalue weighted by Crippen LogP contribution is -2.40. The molecule has 0 unspecified atom stereocenters. The van der Waals surface area contributed by atoms with Gasteiger partial charge in [-0.1, -0.05) is 19.0 Å². The first-order valence-electron chi connectivity index (χ1n) is 8.04. The maximum absolute atomic E-state index is 11.9. The number of rotatable bonds is 7. The third kappa shape index (κ3) is 4.81. The van der Waals surface area contributed by atoms with Gasteiger partial charge >= 0.3 is 0 Å². The lowest BCUT2D eigenvalue weighted by Gasteiger charge is -2.30. The van der Waals surface area contributed by atoms with Gasteiger partial charge in [0.05, 0.1) is 6.54 Å². The summed E-state index contributed by atoms with van der Waals surface area (Å²) in [5, 5.41) is 6.96. The van der Waals surface area contributed by atoms with Crippen molar-refractivity contribution >= 4 is 5.91 Å². The number of amides is 1. The van der Waals surface area contributed by atoms with Crippen molar-refractivity contribution < 1.29 is 9.32 Å². The van der Waals surface area contributed by atoms with Gasteiger partial charge in [-0.2, -0.15) is 4.98 Å². The van der Waals surface area contributed by atoms with Gasteiger partial charge in [0.1, 0.15) is 0 Å². The summed E-state index contributed by atoms with van der Waals surface area (Å²) in [5.41, 5.74) is 0. The van der Waals surface area contributed by atoms with Crippen LogP contribution in [0.3, 0.4) is 0 Å². The summed E-state index contributed by atoms with van der Waals surface area (Å²) in [4.78, 5) is 18.6. The van der Waals surface area contributed by atoms with E-state index in [-0.39, 0.29) is 11.8 Å². The van der Waals surface area contributed by atoms with Crippen LogP contribution >= 0.6 is 0 Å². The van der Waals surface area contributed by atoms with Crippen LogP contribution in [0.15, 0.2) is 4.52 Å². The van der Waals surface area contributed by atoms with Gasteiger partial charge in [-0.25, -0.2) is 0 Å². The van der Waals surface area contributed by atoms with Crippen LogP contribution in [0.4, 0.5) is 0 Å². The smallest absolute Gasteiger partial charge is 0.240 e. The van der Waals surface area contributed by atoms with Crippen molar-refractivity contribution in [2.75, 3.05) is 19.6 Å². The number of carbonyl (C=O) groups excluding carboxylic acids is 1. The van der Waals surface area contributed by atoms with Crippen molar-refractivity contribution in [1.82, 2.24) is 20.4 Å². The van der Waals surface area contributed by atoms with E-state index in [1.54, 1.807) is 0 Å². The van der Waals surface area contributed by atoms with E-state index in [2.05, 4.69) is 34.2 Å². The molecular formula is C15H26N4O2. The number of piperidine rings is 1. The zero-order valence-corrected chi connectivity index (χ0v) is 13.1. The van der Waals surface area contributed by atoms with Crippen molar-refractivity contribution in [1.29, 1.82) is 0 Å². The van der Waals surface area contributed by atoms with Crippen LogP contribution in [0, 0.1) is 5.92 Å². The molecular weight excluding hydrogens is 268 g/mol. The molecule has 1 aromatic rings. The zero-order chi connectivity index (χ0) is 15.1. The molecule has 6 heteroatoms. The van der Waals surface area contributed by atoms with Crippen LogP contribution in [0.5, 0.6) is 0 Å². The lowest BCUT2D eigenvalue weighted by atomic mass is 9.96. The average Bonchev–Trinajstić information content (AvgIpc) is 2.93. The molecule has 1 saturated heterocycles. The van der Waals surface area contributed by atoms with Crippen LogP contribution in [0.25, 0.3) is 0 Å². The Hall–Kier alpha value is -1.43. The topological polar surface area (TPSA) is 71.3 Å². The van der Waals surface area contributed by atoms with Crippen LogP contribution < -0.4 is 5.32 Å². The second kappa shape index (κ2) is 8.12. The molecule has 6 nitrogen and oxygen atoms in total. The molecule has 2 heterocycles. The Morgan fingerprint density at radius 1 is 1.33 bits per heavy atom. The predicted molar refractivity (Wildman–Crippen MR) is 79.6 cm³/mol. The molecule has 0 aromatic carbocycles. The van der Waals surface area contributed by atoms with Crippen molar-refractivity contribution in [3.63, 3.8) is 0 Å². The summed E-state index contributed by atoms with van der Waals surface area (Å²) in [7, 11) is 0. The number of hydrogen-bond acceptors (Lipinski definition) is 5. The number of aryl methyl sites for hydroxylation is 1. The molecule has 0 spiro atoms. The van der Waals surface area contributed by atoms with E-state index in [0.717, 1.165) is 57.6 Å². The summed E-state index contributed by atoms with van der Waals surface area (Å²) in [6.07, 6.45) is 4.69. The van der Waals surface area contributed by atoms with E-state index in [1.807, 2.05) is 0 Å². The minimum atomic E-state index is 0.158. The Balaban J connectivity index is 1.74. The number of carbonyl (C=O) groups is 1. The molecule has 0 aliphatic carbocycles. The maximum atomic E-state index is 11.9. The zero-order valence-electron chi connectivity index (χ0n) is 13.1. The summed E-state index contributed by atoms with van der Waals surface area (Å²) >= 11 is 0. The monoisotopic (exact) mass is 294 g/mol. The van der Waals surface area contributed by atoms with Crippen LogP contribution in [-0.2, 0) is 17.8 Å². The fraction of sp³-hybridized carbons (Fsp3) is 0.800. The largest absolute Gasteiger partial charge is 0.356 e. The van der Waals surface area contributed by atoms with Gasteiger partial charge in [0.2, 0.25) is 11.8 Å². The first kappa shape index (κ1) is 15.9. The van der Waals surface area contributed by atoms with Gasteiger partial charge in [0, 0.05) is 18.9 Å². The second-order valence-corrected chi connectivity index (χ2v) is 5.70. The van der Waals surface area contributed by atoms with E-state index in [4.69, 9.17) is 4.52 Å². The minimum Gasteiger partial charge on any atom is -0.356 e. The number of likely N-dealkylation sites (tertiary alicyclic amines) is 1. The van der Waals surface area contributed by atoms with Crippen molar-refractivity contribution in [3.8, 4) is 0 Å². The Kier molecular flexibility index (Phi) is 6.17. The molecule has 0 bridgehead atoms. The van der Waals surface area contributed by atoms with Gasteiger partial charge in [0.15, 0.2) is 5.82 Å². The van der Waals surface area contributed by atoms with Crippen molar-refractivity contribution in [2.24, 2.45) is 5.92 Å². The molecule has 1 aromatic heterocycles. The van der Waals surface area contributed by atoms with Crippen molar-refractivity contribution in [2.45, 2.75) is 52.5 Å². The third-order valence-corrected chi connectivity index (χ3v) is 3.85. The standard InChI is InChI=1S/C15H26N4O2/c1-3-5-13-17-14(21-18-13)11-19-9-6-12(7-10-19)15(20)16-8-4-2/h12H,3-11H2,1-2H3,(H,16,20). The molecule has 0 atom stereocenters. The van der Waals surface area contributed by atoms with E-state index in [9.17, 15) is 4.79 Å². The first-order chi connectivity index (χ1) is 10.2. The number of aromatic nitrogens is 2. The highest BCUT2D eigenvalue weighted by Gasteiger charge is 2.25. The SMILES string of the molecule is CCCNC(=O)C1CCN(Cc2nc(CCC)no2)CC1. The molecule has 0 saturated carbocycles. The molecule has 2 rings (SSSR count). The Labute approximate surface area is 126 Å². The molecule has 1 aliphatic rings. The predicted octanol–water partition coefficient (Wildman–Crippen LogP) is 1.76. The van der Waals surface area contributed by atoms with Crippen LogP contribution in [0.1, 0.15) is 51.2 Å². The normalized spacial score (nSPS) is 17.0. The van der Waals surface area contributed by atoms with Gasteiger partial charge < -0.3 is 9.84 Å². The highest BCUT2D eigenvalue weighted by atomic mass is 16.5. The van der Waals surface area contributed by atoms with Gasteiger partial charge in [-0.15, -0.1) is 0 Å². The summed E-state index contributed by atoms with van der Waals surface area (Å²) in [6, 6.07) is 0. The van der Waals surface area contributed by atoms with Gasteiger partial charge in [0.25, 0.3) is 0 Å². The Bertz CT molecular complexity index is 439. The molecule has 1 amide bonds. The molecule has 0 radical (unpaired) electrons. The maximum Gasteiger partial charge on any atom is 0.240 e. The van der Waals surface area contributed by atoms with E-state index in [1.165, 1.54) is 0 Å². The quantitative estimate of drug-likeness (QED) is 0.829. The summed E-state index contributed by atoms with van der Waals surface area (Å²) in [5.74, 6) is 1.85. The highest BCUT2D eigenvalue weighted by Crippen LogP contribution is 2.19. The molecule has 21 heavy (non-hydrogen) atoms. The first-order valence-corrected chi connectivity index (χ1v) is 8.04. The number of nitrogens with zero attached hydrogens (tertiary/aromatic N) is 3. The fourth-order valence-electron chi connectivity index (χ4n) is 2.62. The number of hydrogen-bond donors (Lipinski definition) is 1.